The predicted molar refractivity (Wildman–Crippen MR) is 159 cm³/mol. The zero-order valence-corrected chi connectivity index (χ0v) is 23.9. The van der Waals surface area contributed by atoms with Gasteiger partial charge in [0, 0.05) is 48.7 Å². The molecule has 1 saturated carbocycles. The molecule has 2 N–H and O–H groups in total. The van der Waals surface area contributed by atoms with Gasteiger partial charge >= 0.3 is 0 Å². The third-order valence-corrected chi connectivity index (χ3v) is 9.23. The van der Waals surface area contributed by atoms with Gasteiger partial charge in [0.1, 0.15) is 11.6 Å². The van der Waals surface area contributed by atoms with Crippen LogP contribution in [-0.4, -0.2) is 47.3 Å². The maximum atomic E-state index is 6.17. The monoisotopic (exact) mass is 540 g/mol. The summed E-state index contributed by atoms with van der Waals surface area (Å²) in [7, 11) is 0. The minimum absolute atomic E-state index is 0.0813. The van der Waals surface area contributed by atoms with Gasteiger partial charge in [-0.25, -0.2) is 0 Å². The Hall–Kier alpha value is -2.12. The van der Waals surface area contributed by atoms with Gasteiger partial charge in [-0.1, -0.05) is 43.5 Å². The molecule has 2 aromatic rings. The Morgan fingerprint density at radius 3 is 2.38 bits per heavy atom. The molecule has 0 radical (unpaired) electrons. The summed E-state index contributed by atoms with van der Waals surface area (Å²) in [5.41, 5.74) is 1.42. The van der Waals surface area contributed by atoms with Crippen molar-refractivity contribution in [2.75, 3.05) is 41.3 Å². The summed E-state index contributed by atoms with van der Waals surface area (Å²) in [6, 6.07) is 11.0. The fourth-order valence-electron chi connectivity index (χ4n) is 6.28. The molecule has 1 aromatic carbocycles. The van der Waals surface area contributed by atoms with Crippen LogP contribution in [0.1, 0.15) is 77.2 Å². The summed E-state index contributed by atoms with van der Waals surface area (Å²) < 4.78 is 0. The van der Waals surface area contributed by atoms with Crippen molar-refractivity contribution in [2.24, 2.45) is 5.92 Å². The second kappa shape index (κ2) is 11.7. The molecule has 0 spiro atoms. The first-order valence-electron chi connectivity index (χ1n) is 14.1. The molecule has 1 aliphatic carbocycles. The number of hydrogen-bond acceptors (Lipinski definition) is 5. The van der Waals surface area contributed by atoms with Crippen molar-refractivity contribution < 1.29 is 0 Å². The number of aromatic nitrogens is 2. The molecule has 8 heteroatoms. The number of piperidine rings is 2. The SMILES string of the molecule is CC1CCN(c2cc(N3CCCC[C@@H]3C)nc(NC(=S)NCC3(c4ccc(Cl)cc4)CCCC3)n2)CC1. The zero-order chi connectivity index (χ0) is 25.8. The van der Waals surface area contributed by atoms with E-state index in [1.54, 1.807) is 0 Å². The lowest BCUT2D eigenvalue weighted by Crippen LogP contribution is -2.41. The van der Waals surface area contributed by atoms with Crippen molar-refractivity contribution in [3.8, 4) is 0 Å². The standard InChI is InChI=1S/C29H41ClN6S/c1-21-12-17-35(18-13-21)25-19-26(36-16-6-3-7-22(36)2)33-27(32-25)34-28(37)31-20-29(14-4-5-15-29)23-8-10-24(30)11-9-23/h8-11,19,21-22H,3-7,12-18,20H2,1-2H3,(H2,31,32,33,34,37)/t22-/m0/s1. The van der Waals surface area contributed by atoms with Crippen molar-refractivity contribution >= 4 is 46.5 Å². The molecule has 2 aliphatic heterocycles. The molecular formula is C29H41ClN6S. The van der Waals surface area contributed by atoms with Crippen LogP contribution in [0.15, 0.2) is 30.3 Å². The molecule has 0 unspecified atom stereocenters. The van der Waals surface area contributed by atoms with Gasteiger partial charge in [0.05, 0.1) is 0 Å². The molecule has 1 atom stereocenters. The van der Waals surface area contributed by atoms with E-state index in [-0.39, 0.29) is 5.41 Å². The molecule has 0 amide bonds. The van der Waals surface area contributed by atoms with E-state index >= 15 is 0 Å². The van der Waals surface area contributed by atoms with Crippen LogP contribution in [-0.2, 0) is 5.41 Å². The number of hydrogen-bond donors (Lipinski definition) is 2. The van der Waals surface area contributed by atoms with Gasteiger partial charge in [-0.05, 0) is 87.7 Å². The summed E-state index contributed by atoms with van der Waals surface area (Å²) in [6.45, 7) is 8.56. The molecule has 3 heterocycles. The topological polar surface area (TPSA) is 56.3 Å². The second-order valence-corrected chi connectivity index (χ2v) is 12.3. The van der Waals surface area contributed by atoms with Crippen LogP contribution in [0.25, 0.3) is 0 Å². The smallest absolute Gasteiger partial charge is 0.232 e. The van der Waals surface area contributed by atoms with Gasteiger partial charge in [0.2, 0.25) is 5.95 Å². The van der Waals surface area contributed by atoms with Crippen molar-refractivity contribution in [3.05, 3.63) is 40.9 Å². The number of anilines is 3. The molecule has 2 saturated heterocycles. The molecule has 200 valence electrons. The Bertz CT molecular complexity index is 1060. The van der Waals surface area contributed by atoms with E-state index < -0.39 is 0 Å². The first kappa shape index (κ1) is 26.5. The highest BCUT2D eigenvalue weighted by Gasteiger charge is 2.35. The van der Waals surface area contributed by atoms with E-state index in [1.165, 1.54) is 50.5 Å². The van der Waals surface area contributed by atoms with Crippen molar-refractivity contribution in [1.82, 2.24) is 15.3 Å². The number of rotatable bonds is 6. The minimum Gasteiger partial charge on any atom is -0.361 e. The van der Waals surface area contributed by atoms with Gasteiger partial charge < -0.3 is 20.4 Å². The van der Waals surface area contributed by atoms with E-state index in [0.29, 0.717) is 17.1 Å². The average Bonchev–Trinajstić information content (AvgIpc) is 3.39. The first-order valence-corrected chi connectivity index (χ1v) is 14.9. The van der Waals surface area contributed by atoms with Crippen LogP contribution in [0.3, 0.4) is 0 Å². The summed E-state index contributed by atoms with van der Waals surface area (Å²) in [4.78, 5) is 14.8. The lowest BCUT2D eigenvalue weighted by molar-refractivity contribution is 0.435. The molecule has 37 heavy (non-hydrogen) atoms. The van der Waals surface area contributed by atoms with Gasteiger partial charge in [0.25, 0.3) is 0 Å². The Morgan fingerprint density at radius 1 is 0.973 bits per heavy atom. The lowest BCUT2D eigenvalue weighted by Gasteiger charge is -2.36. The summed E-state index contributed by atoms with van der Waals surface area (Å²) >= 11 is 11.9. The zero-order valence-electron chi connectivity index (χ0n) is 22.3. The number of nitrogens with zero attached hydrogens (tertiary/aromatic N) is 4. The normalized spacial score (nSPS) is 22.2. The molecule has 6 nitrogen and oxygen atoms in total. The Labute approximate surface area is 232 Å². The number of benzene rings is 1. The van der Waals surface area contributed by atoms with Crippen LogP contribution in [0.4, 0.5) is 17.6 Å². The Kier molecular flexibility index (Phi) is 8.40. The van der Waals surface area contributed by atoms with E-state index in [4.69, 9.17) is 33.8 Å². The lowest BCUT2D eigenvalue weighted by atomic mass is 9.79. The van der Waals surface area contributed by atoms with Gasteiger partial charge in [-0.3, -0.25) is 0 Å². The summed E-state index contributed by atoms with van der Waals surface area (Å²) in [6.07, 6.45) is 10.9. The molecule has 1 aromatic heterocycles. The third-order valence-electron chi connectivity index (χ3n) is 8.73. The van der Waals surface area contributed by atoms with Crippen LogP contribution < -0.4 is 20.4 Å². The van der Waals surface area contributed by atoms with E-state index in [0.717, 1.165) is 61.6 Å². The van der Waals surface area contributed by atoms with Crippen LogP contribution in [0, 0.1) is 5.92 Å². The van der Waals surface area contributed by atoms with Gasteiger partial charge in [-0.2, -0.15) is 9.97 Å². The molecule has 3 aliphatic rings. The quantitative estimate of drug-likeness (QED) is 0.403. The van der Waals surface area contributed by atoms with Crippen LogP contribution in [0.2, 0.25) is 5.02 Å². The first-order chi connectivity index (χ1) is 17.9. The second-order valence-electron chi connectivity index (χ2n) is 11.4. The van der Waals surface area contributed by atoms with Crippen LogP contribution >= 0.6 is 23.8 Å². The summed E-state index contributed by atoms with van der Waals surface area (Å²) in [5.74, 6) is 3.38. The van der Waals surface area contributed by atoms with Gasteiger partial charge in [0.15, 0.2) is 5.11 Å². The van der Waals surface area contributed by atoms with Crippen molar-refractivity contribution in [2.45, 2.75) is 83.1 Å². The Balaban J connectivity index is 1.32. The Morgan fingerprint density at radius 2 is 1.68 bits per heavy atom. The number of thiocarbonyl (C=S) groups is 1. The van der Waals surface area contributed by atoms with E-state index in [9.17, 15) is 0 Å². The van der Waals surface area contributed by atoms with Crippen molar-refractivity contribution in [1.29, 1.82) is 0 Å². The molecule has 0 bridgehead atoms. The minimum atomic E-state index is 0.0813. The average molecular weight is 541 g/mol. The number of nitrogens with one attached hydrogen (secondary N) is 2. The maximum absolute atomic E-state index is 6.17. The van der Waals surface area contributed by atoms with Gasteiger partial charge in [-0.15, -0.1) is 0 Å². The number of halogens is 1. The summed E-state index contributed by atoms with van der Waals surface area (Å²) in [5, 5.41) is 8.23. The highest BCUT2D eigenvalue weighted by Crippen LogP contribution is 2.41. The van der Waals surface area contributed by atoms with Crippen molar-refractivity contribution in [3.63, 3.8) is 0 Å². The van der Waals surface area contributed by atoms with E-state index in [2.05, 4.69) is 52.5 Å². The highest BCUT2D eigenvalue weighted by atomic mass is 35.5. The molecule has 5 rings (SSSR count). The third kappa shape index (κ3) is 6.31. The molecule has 3 fully saturated rings. The highest BCUT2D eigenvalue weighted by molar-refractivity contribution is 7.80. The van der Waals surface area contributed by atoms with Crippen LogP contribution in [0.5, 0.6) is 0 Å². The maximum Gasteiger partial charge on any atom is 0.232 e. The predicted octanol–water partition coefficient (Wildman–Crippen LogP) is 6.54. The van der Waals surface area contributed by atoms with E-state index in [1.807, 2.05) is 12.1 Å². The largest absolute Gasteiger partial charge is 0.361 e. The fourth-order valence-corrected chi connectivity index (χ4v) is 6.57. The molecular weight excluding hydrogens is 500 g/mol. The fraction of sp³-hybridized carbons (Fsp3) is 0.621.